The van der Waals surface area contributed by atoms with E-state index in [-0.39, 0.29) is 11.3 Å². The molecule has 0 spiro atoms. The van der Waals surface area contributed by atoms with Gasteiger partial charge in [0, 0.05) is 23.5 Å². The number of halogens is 1. The van der Waals surface area contributed by atoms with Gasteiger partial charge in [0.2, 0.25) is 5.91 Å². The normalized spacial score (nSPS) is 15.6. The summed E-state index contributed by atoms with van der Waals surface area (Å²) >= 11 is 5.91. The molecule has 3 nitrogen and oxygen atoms in total. The second-order valence-electron chi connectivity index (χ2n) is 7.08. The molecular weight excluding hydrogens is 332 g/mol. The Kier molecular flexibility index (Phi) is 5.77. The molecule has 0 aromatic heterocycles. The van der Waals surface area contributed by atoms with Crippen LogP contribution in [0.1, 0.15) is 30.4 Å². The average Bonchev–Trinajstić information content (AvgIpc) is 2.57. The summed E-state index contributed by atoms with van der Waals surface area (Å²) in [5.41, 5.74) is 2.63. The van der Waals surface area contributed by atoms with Crippen molar-refractivity contribution in [3.05, 3.63) is 70.7 Å². The number of nitrogens with zero attached hydrogens (tertiary/aromatic N) is 1. The van der Waals surface area contributed by atoms with Gasteiger partial charge in [-0.2, -0.15) is 0 Å². The Balaban J connectivity index is 1.49. The van der Waals surface area contributed by atoms with Gasteiger partial charge in [0.15, 0.2) is 0 Å². The van der Waals surface area contributed by atoms with Crippen molar-refractivity contribution >= 4 is 17.5 Å². The molecule has 1 fully saturated rings. The van der Waals surface area contributed by atoms with E-state index >= 15 is 0 Å². The quantitative estimate of drug-likeness (QED) is 0.813. The van der Waals surface area contributed by atoms with Crippen molar-refractivity contribution in [2.45, 2.75) is 31.2 Å². The number of carbonyl (C=O) groups is 1. The van der Waals surface area contributed by atoms with E-state index in [2.05, 4.69) is 29.6 Å². The van der Waals surface area contributed by atoms with E-state index in [1.54, 1.807) is 0 Å². The molecule has 1 aliphatic rings. The number of likely N-dealkylation sites (N-methyl/N-ethyl adjacent to an activating group) is 1. The van der Waals surface area contributed by atoms with Gasteiger partial charge in [0.25, 0.3) is 0 Å². The van der Waals surface area contributed by atoms with Gasteiger partial charge in [-0.05, 0) is 43.1 Å². The van der Waals surface area contributed by atoms with E-state index in [1.165, 1.54) is 12.0 Å². The Hall–Kier alpha value is -1.84. The van der Waals surface area contributed by atoms with Gasteiger partial charge in [-0.15, -0.1) is 0 Å². The van der Waals surface area contributed by atoms with Crippen LogP contribution < -0.4 is 5.32 Å². The van der Waals surface area contributed by atoms with E-state index in [0.717, 1.165) is 36.5 Å². The fraction of sp³-hybridized carbons (Fsp3) is 0.381. The van der Waals surface area contributed by atoms with Crippen LogP contribution in [0.25, 0.3) is 0 Å². The van der Waals surface area contributed by atoms with Gasteiger partial charge >= 0.3 is 0 Å². The minimum atomic E-state index is 0.0821. The molecule has 2 aromatic carbocycles. The zero-order valence-electron chi connectivity index (χ0n) is 14.7. The third-order valence-corrected chi connectivity index (χ3v) is 5.35. The van der Waals surface area contributed by atoms with Crippen LogP contribution in [0, 0.1) is 0 Å². The Labute approximate surface area is 155 Å². The number of hydrogen-bond acceptors (Lipinski definition) is 2. The summed E-state index contributed by atoms with van der Waals surface area (Å²) < 4.78 is 0. The summed E-state index contributed by atoms with van der Waals surface area (Å²) in [4.78, 5) is 14.4. The fourth-order valence-corrected chi connectivity index (χ4v) is 3.61. The van der Waals surface area contributed by atoms with Gasteiger partial charge < -0.3 is 5.32 Å². The predicted octanol–water partition coefficient (Wildman–Crippen LogP) is 4.01. The summed E-state index contributed by atoms with van der Waals surface area (Å²) in [5.74, 6) is 0.0821. The lowest BCUT2D eigenvalue weighted by atomic mass is 9.64. The lowest BCUT2D eigenvalue weighted by molar-refractivity contribution is -0.122. The molecule has 132 valence electrons. The van der Waals surface area contributed by atoms with Crippen molar-refractivity contribution in [1.82, 2.24) is 10.2 Å². The van der Waals surface area contributed by atoms with E-state index in [0.29, 0.717) is 6.54 Å². The second-order valence-corrected chi connectivity index (χ2v) is 7.51. The van der Waals surface area contributed by atoms with Crippen LogP contribution in [0.3, 0.4) is 0 Å². The van der Waals surface area contributed by atoms with Gasteiger partial charge in [-0.3, -0.25) is 9.69 Å². The molecule has 3 rings (SSSR count). The minimum absolute atomic E-state index is 0.0821. The van der Waals surface area contributed by atoms with E-state index in [1.807, 2.05) is 42.3 Å². The monoisotopic (exact) mass is 356 g/mol. The first-order chi connectivity index (χ1) is 12.1. The zero-order chi connectivity index (χ0) is 17.7. The van der Waals surface area contributed by atoms with E-state index in [9.17, 15) is 4.79 Å². The molecular formula is C21H25ClN2O. The highest BCUT2D eigenvalue weighted by Crippen LogP contribution is 2.43. The number of rotatable bonds is 7. The molecule has 4 heteroatoms. The molecule has 1 saturated carbocycles. The maximum absolute atomic E-state index is 12.3. The minimum Gasteiger partial charge on any atom is -0.354 e. The summed E-state index contributed by atoms with van der Waals surface area (Å²) in [5, 5.41) is 3.88. The molecule has 1 aliphatic carbocycles. The van der Waals surface area contributed by atoms with Crippen molar-refractivity contribution in [3.8, 4) is 0 Å². The van der Waals surface area contributed by atoms with E-state index in [4.69, 9.17) is 11.6 Å². The maximum atomic E-state index is 12.3. The Morgan fingerprint density at radius 2 is 1.80 bits per heavy atom. The van der Waals surface area contributed by atoms with Crippen LogP contribution in [0.15, 0.2) is 54.6 Å². The van der Waals surface area contributed by atoms with Crippen LogP contribution in [0.5, 0.6) is 0 Å². The van der Waals surface area contributed by atoms with Gasteiger partial charge in [-0.25, -0.2) is 0 Å². The van der Waals surface area contributed by atoms with Crippen molar-refractivity contribution in [3.63, 3.8) is 0 Å². The van der Waals surface area contributed by atoms with Crippen molar-refractivity contribution in [2.24, 2.45) is 0 Å². The lowest BCUT2D eigenvalue weighted by Gasteiger charge is -2.42. The highest BCUT2D eigenvalue weighted by atomic mass is 35.5. The highest BCUT2D eigenvalue weighted by Gasteiger charge is 2.38. The second kappa shape index (κ2) is 8.03. The van der Waals surface area contributed by atoms with Crippen LogP contribution in [-0.4, -0.2) is 30.9 Å². The first-order valence-electron chi connectivity index (χ1n) is 8.83. The van der Waals surface area contributed by atoms with Crippen molar-refractivity contribution < 1.29 is 4.79 Å². The van der Waals surface area contributed by atoms with Crippen molar-refractivity contribution in [1.29, 1.82) is 0 Å². The molecule has 1 N–H and O–H groups in total. The first kappa shape index (κ1) is 18.0. The molecule has 25 heavy (non-hydrogen) atoms. The molecule has 2 aromatic rings. The van der Waals surface area contributed by atoms with Crippen LogP contribution in [-0.2, 0) is 16.8 Å². The lowest BCUT2D eigenvalue weighted by Crippen LogP contribution is -2.47. The molecule has 0 aliphatic heterocycles. The van der Waals surface area contributed by atoms with E-state index < -0.39 is 0 Å². The number of hydrogen-bond donors (Lipinski definition) is 1. The third-order valence-electron chi connectivity index (χ3n) is 5.10. The Morgan fingerprint density at radius 1 is 1.12 bits per heavy atom. The number of amides is 1. The summed E-state index contributed by atoms with van der Waals surface area (Å²) in [7, 11) is 1.96. The molecule has 0 saturated heterocycles. The molecule has 0 heterocycles. The summed E-state index contributed by atoms with van der Waals surface area (Å²) in [6.45, 7) is 1.85. The Bertz CT molecular complexity index is 696. The average molecular weight is 357 g/mol. The van der Waals surface area contributed by atoms with Gasteiger partial charge in [0.05, 0.1) is 6.54 Å². The van der Waals surface area contributed by atoms with Gasteiger partial charge in [-0.1, -0.05) is 60.5 Å². The summed E-state index contributed by atoms with van der Waals surface area (Å²) in [6, 6.07) is 18.3. The summed E-state index contributed by atoms with van der Waals surface area (Å²) in [6.07, 6.45) is 3.54. The fourth-order valence-electron chi connectivity index (χ4n) is 3.49. The van der Waals surface area contributed by atoms with Crippen LogP contribution in [0.2, 0.25) is 5.02 Å². The number of carbonyl (C=O) groups excluding carboxylic acids is 1. The number of benzene rings is 2. The molecule has 0 bridgehead atoms. The smallest absolute Gasteiger partial charge is 0.234 e. The van der Waals surface area contributed by atoms with Gasteiger partial charge in [0.1, 0.15) is 0 Å². The SMILES string of the molecule is CN(CC(=O)NCC1(c2ccccc2)CCC1)Cc1ccc(Cl)cc1. The molecule has 0 atom stereocenters. The third kappa shape index (κ3) is 4.62. The topological polar surface area (TPSA) is 32.3 Å². The number of nitrogens with one attached hydrogen (secondary N) is 1. The standard InChI is InChI=1S/C21H25ClN2O/c1-24(14-17-8-10-19(22)11-9-17)15-20(25)23-16-21(12-5-13-21)18-6-3-2-4-7-18/h2-4,6-11H,5,12-16H2,1H3,(H,23,25). The zero-order valence-corrected chi connectivity index (χ0v) is 15.4. The van der Waals surface area contributed by atoms with Crippen molar-refractivity contribution in [2.75, 3.05) is 20.1 Å². The van der Waals surface area contributed by atoms with Crippen LogP contribution >= 0.6 is 11.6 Å². The predicted molar refractivity (Wildman–Crippen MR) is 103 cm³/mol. The van der Waals surface area contributed by atoms with Crippen LogP contribution in [0.4, 0.5) is 0 Å². The molecule has 0 unspecified atom stereocenters. The highest BCUT2D eigenvalue weighted by molar-refractivity contribution is 6.30. The Morgan fingerprint density at radius 3 is 2.40 bits per heavy atom. The molecule has 0 radical (unpaired) electrons. The molecule has 1 amide bonds. The largest absolute Gasteiger partial charge is 0.354 e. The maximum Gasteiger partial charge on any atom is 0.234 e. The first-order valence-corrected chi connectivity index (χ1v) is 9.20.